The molecule has 1 aromatic rings. The summed E-state index contributed by atoms with van der Waals surface area (Å²) in [5.74, 6) is -1.77. The Labute approximate surface area is 109 Å². The molecular weight excluding hydrogens is 275 g/mol. The lowest BCUT2D eigenvalue weighted by atomic mass is 10.0. The molecular formula is C11H13FN2O4S. The van der Waals surface area contributed by atoms with E-state index in [0.717, 1.165) is 28.6 Å². The summed E-state index contributed by atoms with van der Waals surface area (Å²) >= 11 is 0. The molecule has 1 aliphatic heterocycles. The van der Waals surface area contributed by atoms with Crippen molar-refractivity contribution in [2.45, 2.75) is 16.9 Å². The Morgan fingerprint density at radius 2 is 1.95 bits per heavy atom. The third-order valence-electron chi connectivity index (χ3n) is 3.14. The number of hydrogen-bond acceptors (Lipinski definition) is 4. The van der Waals surface area contributed by atoms with Gasteiger partial charge >= 0.3 is 5.97 Å². The van der Waals surface area contributed by atoms with Gasteiger partial charge in [0.1, 0.15) is 11.4 Å². The molecule has 1 aliphatic rings. The lowest BCUT2D eigenvalue weighted by molar-refractivity contribution is -0.142. The second-order valence-corrected chi connectivity index (χ2v) is 6.44. The van der Waals surface area contributed by atoms with E-state index in [4.69, 9.17) is 10.8 Å². The predicted molar refractivity (Wildman–Crippen MR) is 64.3 cm³/mol. The normalized spacial score (nSPS) is 24.5. The maximum atomic E-state index is 12.8. The zero-order valence-electron chi connectivity index (χ0n) is 9.91. The number of aliphatic carboxylic acids is 1. The topological polar surface area (TPSA) is 101 Å². The number of carbonyl (C=O) groups is 1. The SMILES string of the molecule is NC1(C(=O)O)CCN(S(=O)(=O)c2ccc(F)cc2)C1. The number of carboxylic acid groups (broad SMARTS) is 1. The van der Waals surface area contributed by atoms with E-state index < -0.39 is 27.3 Å². The number of hydrogen-bond donors (Lipinski definition) is 2. The van der Waals surface area contributed by atoms with Gasteiger partial charge in [-0.2, -0.15) is 4.31 Å². The molecule has 2 rings (SSSR count). The summed E-state index contributed by atoms with van der Waals surface area (Å²) in [5, 5.41) is 8.97. The van der Waals surface area contributed by atoms with E-state index in [9.17, 15) is 17.6 Å². The summed E-state index contributed by atoms with van der Waals surface area (Å²) in [6.45, 7) is -0.259. The molecule has 0 saturated carbocycles. The molecule has 0 amide bonds. The monoisotopic (exact) mass is 288 g/mol. The Morgan fingerprint density at radius 3 is 2.42 bits per heavy atom. The van der Waals surface area contributed by atoms with Crippen molar-refractivity contribution in [1.29, 1.82) is 0 Å². The number of halogens is 1. The van der Waals surface area contributed by atoms with Crippen molar-refractivity contribution in [2.24, 2.45) is 5.73 Å². The fraction of sp³-hybridized carbons (Fsp3) is 0.364. The van der Waals surface area contributed by atoms with Gasteiger partial charge in [-0.1, -0.05) is 0 Å². The van der Waals surface area contributed by atoms with Crippen LogP contribution in [-0.4, -0.2) is 42.4 Å². The molecule has 1 fully saturated rings. The Kier molecular flexibility index (Phi) is 3.33. The van der Waals surface area contributed by atoms with Crippen LogP contribution in [0.5, 0.6) is 0 Å². The molecule has 1 unspecified atom stereocenters. The number of carboxylic acids is 1. The zero-order valence-corrected chi connectivity index (χ0v) is 10.7. The van der Waals surface area contributed by atoms with Crippen molar-refractivity contribution in [2.75, 3.05) is 13.1 Å². The smallest absolute Gasteiger partial charge is 0.325 e. The molecule has 0 spiro atoms. The molecule has 0 radical (unpaired) electrons. The Bertz CT molecular complexity index is 602. The second kappa shape index (κ2) is 4.55. The van der Waals surface area contributed by atoms with Gasteiger partial charge in [-0.3, -0.25) is 4.79 Å². The third-order valence-corrected chi connectivity index (χ3v) is 5.00. The summed E-state index contributed by atoms with van der Waals surface area (Å²) in [4.78, 5) is 10.9. The molecule has 3 N–H and O–H groups in total. The van der Waals surface area contributed by atoms with Gasteiger partial charge in [0, 0.05) is 13.1 Å². The van der Waals surface area contributed by atoms with Crippen LogP contribution in [-0.2, 0) is 14.8 Å². The minimum absolute atomic E-state index is 0.0303. The molecule has 0 aliphatic carbocycles. The fourth-order valence-corrected chi connectivity index (χ4v) is 3.44. The van der Waals surface area contributed by atoms with Gasteiger partial charge in [-0.05, 0) is 30.7 Å². The first kappa shape index (κ1) is 13.9. The molecule has 1 saturated heterocycles. The molecule has 6 nitrogen and oxygen atoms in total. The summed E-state index contributed by atoms with van der Waals surface area (Å²) in [5.41, 5.74) is 4.06. The highest BCUT2D eigenvalue weighted by Crippen LogP contribution is 2.26. The molecule has 19 heavy (non-hydrogen) atoms. The highest BCUT2D eigenvalue weighted by molar-refractivity contribution is 7.89. The quantitative estimate of drug-likeness (QED) is 0.815. The molecule has 8 heteroatoms. The summed E-state index contributed by atoms with van der Waals surface area (Å²) < 4.78 is 38.2. The van der Waals surface area contributed by atoms with Crippen LogP contribution in [0.25, 0.3) is 0 Å². The molecule has 104 valence electrons. The van der Waals surface area contributed by atoms with Gasteiger partial charge in [0.05, 0.1) is 4.90 Å². The van der Waals surface area contributed by atoms with Crippen molar-refractivity contribution >= 4 is 16.0 Å². The average molecular weight is 288 g/mol. The van der Waals surface area contributed by atoms with Gasteiger partial charge < -0.3 is 10.8 Å². The zero-order chi connectivity index (χ0) is 14.3. The maximum absolute atomic E-state index is 12.8. The average Bonchev–Trinajstić information content (AvgIpc) is 2.75. The molecule has 1 atom stereocenters. The van der Waals surface area contributed by atoms with Crippen LogP contribution in [0.2, 0.25) is 0 Å². The first-order valence-electron chi connectivity index (χ1n) is 5.54. The lowest BCUT2D eigenvalue weighted by Gasteiger charge is -2.20. The first-order chi connectivity index (χ1) is 8.75. The Hall–Kier alpha value is -1.51. The van der Waals surface area contributed by atoms with Gasteiger partial charge in [-0.25, -0.2) is 12.8 Å². The molecule has 1 heterocycles. The van der Waals surface area contributed by atoms with Crippen LogP contribution in [0.3, 0.4) is 0 Å². The van der Waals surface area contributed by atoms with E-state index in [1.807, 2.05) is 0 Å². The van der Waals surface area contributed by atoms with Crippen molar-refractivity contribution in [1.82, 2.24) is 4.31 Å². The van der Waals surface area contributed by atoms with Gasteiger partial charge in [0.2, 0.25) is 10.0 Å². The van der Waals surface area contributed by atoms with Crippen LogP contribution in [0.15, 0.2) is 29.2 Å². The summed E-state index contributed by atoms with van der Waals surface area (Å²) in [6, 6.07) is 4.36. The van der Waals surface area contributed by atoms with Crippen molar-refractivity contribution < 1.29 is 22.7 Å². The van der Waals surface area contributed by atoms with E-state index in [0.29, 0.717) is 0 Å². The van der Waals surface area contributed by atoms with Crippen LogP contribution >= 0.6 is 0 Å². The molecule has 1 aromatic carbocycles. The van der Waals surface area contributed by atoms with Gasteiger partial charge in [0.15, 0.2) is 0 Å². The largest absolute Gasteiger partial charge is 0.480 e. The predicted octanol–water partition coefficient (Wildman–Crippen LogP) is 0.00220. The fourth-order valence-electron chi connectivity index (χ4n) is 1.93. The molecule has 0 aromatic heterocycles. The highest BCUT2D eigenvalue weighted by Gasteiger charge is 2.45. The van der Waals surface area contributed by atoms with Crippen LogP contribution in [0, 0.1) is 5.82 Å². The van der Waals surface area contributed by atoms with Crippen molar-refractivity contribution in [3.05, 3.63) is 30.1 Å². The van der Waals surface area contributed by atoms with Crippen LogP contribution in [0.1, 0.15) is 6.42 Å². The van der Waals surface area contributed by atoms with Crippen LogP contribution in [0.4, 0.5) is 4.39 Å². The number of nitrogens with zero attached hydrogens (tertiary/aromatic N) is 1. The van der Waals surface area contributed by atoms with E-state index in [-0.39, 0.29) is 24.4 Å². The third kappa shape index (κ3) is 2.46. The molecule has 0 bridgehead atoms. The first-order valence-corrected chi connectivity index (χ1v) is 6.98. The Morgan fingerprint density at radius 1 is 1.37 bits per heavy atom. The summed E-state index contributed by atoms with van der Waals surface area (Å²) in [7, 11) is -3.84. The Balaban J connectivity index is 2.28. The van der Waals surface area contributed by atoms with Crippen molar-refractivity contribution in [3.8, 4) is 0 Å². The lowest BCUT2D eigenvalue weighted by Crippen LogP contribution is -2.50. The van der Waals surface area contributed by atoms with Gasteiger partial charge in [0.25, 0.3) is 0 Å². The van der Waals surface area contributed by atoms with E-state index in [1.54, 1.807) is 0 Å². The van der Waals surface area contributed by atoms with E-state index in [1.165, 1.54) is 0 Å². The van der Waals surface area contributed by atoms with E-state index in [2.05, 4.69) is 0 Å². The number of benzene rings is 1. The minimum atomic E-state index is -3.84. The number of nitrogens with two attached hydrogens (primary N) is 1. The van der Waals surface area contributed by atoms with E-state index >= 15 is 0 Å². The number of rotatable bonds is 3. The highest BCUT2D eigenvalue weighted by atomic mass is 32.2. The van der Waals surface area contributed by atoms with Crippen molar-refractivity contribution in [3.63, 3.8) is 0 Å². The van der Waals surface area contributed by atoms with Gasteiger partial charge in [-0.15, -0.1) is 0 Å². The minimum Gasteiger partial charge on any atom is -0.480 e. The maximum Gasteiger partial charge on any atom is 0.325 e. The second-order valence-electron chi connectivity index (χ2n) is 4.50. The number of sulfonamides is 1. The van der Waals surface area contributed by atoms with Crippen LogP contribution < -0.4 is 5.73 Å². The summed E-state index contributed by atoms with van der Waals surface area (Å²) in [6.07, 6.45) is 0.0444. The standard InChI is InChI=1S/C11H13FN2O4S/c12-8-1-3-9(4-2-8)19(17,18)14-6-5-11(13,7-14)10(15)16/h1-4H,5-7,13H2,(H,15,16).